The molecule has 1 heterocycles. The van der Waals surface area contributed by atoms with Gasteiger partial charge in [0.15, 0.2) is 0 Å². The molecule has 0 atom stereocenters. The summed E-state index contributed by atoms with van der Waals surface area (Å²) in [5, 5.41) is 0. The fourth-order valence-corrected chi connectivity index (χ4v) is 2.64. The summed E-state index contributed by atoms with van der Waals surface area (Å²) >= 11 is 1.78. The Morgan fingerprint density at radius 2 is 2.20 bits per heavy atom. The van der Waals surface area contributed by atoms with Crippen molar-refractivity contribution in [1.29, 1.82) is 0 Å². The highest BCUT2D eigenvalue weighted by atomic mass is 32.2. The van der Waals surface area contributed by atoms with E-state index in [1.54, 1.807) is 11.9 Å². The Morgan fingerprint density at radius 3 is 2.67 bits per heavy atom. The lowest BCUT2D eigenvalue weighted by molar-refractivity contribution is 0.712. The van der Waals surface area contributed by atoms with E-state index in [2.05, 4.69) is 50.9 Å². The van der Waals surface area contributed by atoms with Crippen molar-refractivity contribution < 1.29 is 0 Å². The van der Waals surface area contributed by atoms with Gasteiger partial charge in [0.1, 0.15) is 0 Å². The molecular formula is C13H19NS. The van der Waals surface area contributed by atoms with Gasteiger partial charge >= 0.3 is 0 Å². The first-order valence-electron chi connectivity index (χ1n) is 5.27. The van der Waals surface area contributed by atoms with Crippen molar-refractivity contribution in [2.24, 2.45) is 0 Å². The van der Waals surface area contributed by atoms with Crippen LogP contribution in [0.5, 0.6) is 0 Å². The predicted octanol–water partition coefficient (Wildman–Crippen LogP) is 4.28. The number of hydrogen-bond donors (Lipinski definition) is 0. The molecule has 1 rings (SSSR count). The summed E-state index contributed by atoms with van der Waals surface area (Å²) in [4.78, 5) is 1.33. The minimum Gasteiger partial charge on any atom is -0.319 e. The molecule has 0 aromatic rings. The van der Waals surface area contributed by atoms with Gasteiger partial charge in [-0.15, -0.1) is 0 Å². The van der Waals surface area contributed by atoms with Crippen molar-refractivity contribution in [3.8, 4) is 0 Å². The van der Waals surface area contributed by atoms with E-state index in [4.69, 9.17) is 0 Å². The topological polar surface area (TPSA) is 3.24 Å². The molecule has 15 heavy (non-hydrogen) atoms. The van der Waals surface area contributed by atoms with E-state index in [0.29, 0.717) is 0 Å². The highest BCUT2D eigenvalue weighted by Crippen LogP contribution is 2.42. The number of hydrogen-bond acceptors (Lipinski definition) is 2. The molecule has 0 bridgehead atoms. The van der Waals surface area contributed by atoms with Gasteiger partial charge in [0, 0.05) is 23.2 Å². The molecule has 0 aromatic heterocycles. The summed E-state index contributed by atoms with van der Waals surface area (Å²) in [5.41, 5.74) is 3.90. The third-order valence-electron chi connectivity index (χ3n) is 2.51. The molecule has 1 aliphatic heterocycles. The molecule has 0 radical (unpaired) electrons. The summed E-state index contributed by atoms with van der Waals surface area (Å²) in [6.07, 6.45) is 7.39. The van der Waals surface area contributed by atoms with E-state index >= 15 is 0 Å². The van der Waals surface area contributed by atoms with E-state index in [0.717, 1.165) is 6.42 Å². The average Bonchev–Trinajstić information content (AvgIpc) is 2.52. The summed E-state index contributed by atoms with van der Waals surface area (Å²) in [6.45, 7) is 10.3. The lowest BCUT2D eigenvalue weighted by Crippen LogP contribution is -2.00. The minimum atomic E-state index is 1.05. The molecule has 0 spiro atoms. The molecule has 1 nitrogen and oxygen atoms in total. The first-order chi connectivity index (χ1) is 7.15. The van der Waals surface area contributed by atoms with Crippen LogP contribution in [-0.4, -0.2) is 11.4 Å². The first kappa shape index (κ1) is 12.2. The Bertz CT molecular complexity index is 348. The number of allylic oxidation sites excluding steroid dienone is 6. The minimum absolute atomic E-state index is 1.05. The average molecular weight is 221 g/mol. The fraction of sp³-hybridized carbons (Fsp3) is 0.385. The number of nitrogens with zero attached hydrogens (tertiary/aromatic N) is 1. The molecule has 0 unspecified atom stereocenters. The smallest absolute Gasteiger partial charge is 0.0340 e. The van der Waals surface area contributed by atoms with Gasteiger partial charge in [-0.1, -0.05) is 31.7 Å². The number of rotatable bonds is 3. The van der Waals surface area contributed by atoms with Crippen molar-refractivity contribution in [1.82, 2.24) is 4.31 Å². The van der Waals surface area contributed by atoms with Crippen LogP contribution >= 0.6 is 11.9 Å². The van der Waals surface area contributed by atoms with E-state index in [9.17, 15) is 0 Å². The second kappa shape index (κ2) is 5.26. The Balaban J connectivity index is 3.20. The molecule has 82 valence electrons. The molecule has 0 amide bonds. The van der Waals surface area contributed by atoms with Gasteiger partial charge < -0.3 is 4.31 Å². The third kappa shape index (κ3) is 2.37. The van der Waals surface area contributed by atoms with Crippen LogP contribution in [0.1, 0.15) is 27.2 Å². The van der Waals surface area contributed by atoms with E-state index in [1.807, 2.05) is 6.08 Å². The monoisotopic (exact) mass is 221 g/mol. The van der Waals surface area contributed by atoms with Crippen LogP contribution in [-0.2, 0) is 0 Å². The largest absolute Gasteiger partial charge is 0.319 e. The van der Waals surface area contributed by atoms with Crippen LogP contribution in [0.4, 0.5) is 0 Å². The summed E-state index contributed by atoms with van der Waals surface area (Å²) in [5.74, 6) is 0. The Labute approximate surface area is 97.4 Å². The molecule has 1 aliphatic rings. The highest BCUT2D eigenvalue weighted by Gasteiger charge is 2.22. The van der Waals surface area contributed by atoms with Crippen molar-refractivity contribution in [3.05, 3.63) is 46.6 Å². The zero-order valence-electron chi connectivity index (χ0n) is 10.0. The van der Waals surface area contributed by atoms with Crippen LogP contribution < -0.4 is 0 Å². The summed E-state index contributed by atoms with van der Waals surface area (Å²) < 4.78 is 2.21. The van der Waals surface area contributed by atoms with Crippen molar-refractivity contribution >= 4 is 11.9 Å². The Kier molecular flexibility index (Phi) is 4.28. The normalized spacial score (nSPS) is 20.4. The molecule has 0 fully saturated rings. The summed E-state index contributed by atoms with van der Waals surface area (Å²) in [6, 6.07) is 0. The second-order valence-corrected chi connectivity index (χ2v) is 4.64. The maximum absolute atomic E-state index is 3.89. The first-order valence-corrected chi connectivity index (χ1v) is 6.05. The lowest BCUT2D eigenvalue weighted by Gasteiger charge is -2.09. The van der Waals surface area contributed by atoms with Gasteiger partial charge in [-0.25, -0.2) is 0 Å². The van der Waals surface area contributed by atoms with Crippen LogP contribution in [0.15, 0.2) is 46.6 Å². The SMILES string of the molecule is C=C/C(=C/CC)C1=C(C)N(C)S/C1=C/C. The molecule has 0 N–H and O–H groups in total. The quantitative estimate of drug-likeness (QED) is 0.517. The van der Waals surface area contributed by atoms with Crippen molar-refractivity contribution in [2.75, 3.05) is 7.05 Å². The van der Waals surface area contributed by atoms with Crippen molar-refractivity contribution in [3.63, 3.8) is 0 Å². The maximum atomic E-state index is 3.89. The molecule has 2 heteroatoms. The van der Waals surface area contributed by atoms with Gasteiger partial charge in [0.2, 0.25) is 0 Å². The van der Waals surface area contributed by atoms with Crippen LogP contribution in [0.3, 0.4) is 0 Å². The molecule has 0 aliphatic carbocycles. The molecule has 0 saturated heterocycles. The zero-order valence-corrected chi connectivity index (χ0v) is 10.8. The lowest BCUT2D eigenvalue weighted by atomic mass is 10.0. The Morgan fingerprint density at radius 1 is 1.53 bits per heavy atom. The second-order valence-electron chi connectivity index (χ2n) is 3.47. The van der Waals surface area contributed by atoms with Gasteiger partial charge in [-0.3, -0.25) is 0 Å². The van der Waals surface area contributed by atoms with E-state index in [1.165, 1.54) is 21.7 Å². The molecule has 0 saturated carbocycles. The standard InChI is InChI=1S/C13H19NS/c1-6-9-11(7-2)13-10(4)14(5)15-12(13)8-3/h7-9H,2,6H2,1,3-5H3/b11-9-,12-8+. The predicted molar refractivity (Wildman–Crippen MR) is 70.4 cm³/mol. The van der Waals surface area contributed by atoms with E-state index in [-0.39, 0.29) is 0 Å². The van der Waals surface area contributed by atoms with Crippen LogP contribution in [0, 0.1) is 0 Å². The Hall–Kier alpha value is -0.890. The zero-order chi connectivity index (χ0) is 11.4. The van der Waals surface area contributed by atoms with Gasteiger partial charge in [0.05, 0.1) is 0 Å². The van der Waals surface area contributed by atoms with Gasteiger partial charge in [-0.05, 0) is 37.8 Å². The highest BCUT2D eigenvalue weighted by molar-refractivity contribution is 8.01. The maximum Gasteiger partial charge on any atom is 0.0340 e. The molecular weight excluding hydrogens is 202 g/mol. The van der Waals surface area contributed by atoms with Crippen molar-refractivity contribution in [2.45, 2.75) is 27.2 Å². The van der Waals surface area contributed by atoms with Crippen LogP contribution in [0.2, 0.25) is 0 Å². The van der Waals surface area contributed by atoms with Crippen LogP contribution in [0.25, 0.3) is 0 Å². The van der Waals surface area contributed by atoms with Gasteiger partial charge in [0.25, 0.3) is 0 Å². The third-order valence-corrected chi connectivity index (χ3v) is 3.69. The fourth-order valence-electron chi connectivity index (χ4n) is 1.65. The summed E-state index contributed by atoms with van der Waals surface area (Å²) in [7, 11) is 2.10. The van der Waals surface area contributed by atoms with E-state index < -0.39 is 0 Å². The molecule has 0 aromatic carbocycles. The van der Waals surface area contributed by atoms with Gasteiger partial charge in [-0.2, -0.15) is 0 Å².